The lowest BCUT2D eigenvalue weighted by molar-refractivity contribution is -0.116. The summed E-state index contributed by atoms with van der Waals surface area (Å²) in [5.74, 6) is -0.542. The third-order valence-corrected chi connectivity index (χ3v) is 4.97. The van der Waals surface area contributed by atoms with E-state index in [1.165, 1.54) is 13.0 Å². The average molecular weight is 385 g/mol. The molecule has 2 rings (SSSR count). The van der Waals surface area contributed by atoms with Gasteiger partial charge in [0.1, 0.15) is 0 Å². The number of nitrogens with zero attached hydrogens (tertiary/aromatic N) is 2. The summed E-state index contributed by atoms with van der Waals surface area (Å²) in [5.41, 5.74) is 1.71. The molecule has 0 fully saturated rings. The van der Waals surface area contributed by atoms with Gasteiger partial charge in [-0.1, -0.05) is 12.1 Å². The Labute approximate surface area is 158 Å². The molecule has 1 amide bonds. The van der Waals surface area contributed by atoms with Gasteiger partial charge in [0.15, 0.2) is 5.78 Å². The Morgan fingerprint density at radius 2 is 1.81 bits per heavy atom. The molecule has 0 atom stereocenters. The standard InChI is InChI=1S/C19H19N3O4S/c1-14(23)16-4-3-5-18(12-16)22(27(2,25)26)11-10-19(24)21-17-8-6-15(13-20)7-9-17/h3-9,12H,10-11H2,1-2H3,(H,21,24). The van der Waals surface area contributed by atoms with Crippen molar-refractivity contribution in [3.05, 3.63) is 59.7 Å². The van der Waals surface area contributed by atoms with Crippen molar-refractivity contribution in [2.75, 3.05) is 22.4 Å². The van der Waals surface area contributed by atoms with Crippen molar-refractivity contribution in [3.8, 4) is 6.07 Å². The van der Waals surface area contributed by atoms with E-state index in [1.807, 2.05) is 6.07 Å². The monoisotopic (exact) mass is 385 g/mol. The van der Waals surface area contributed by atoms with Crippen LogP contribution in [0.5, 0.6) is 0 Å². The van der Waals surface area contributed by atoms with E-state index in [1.54, 1.807) is 42.5 Å². The van der Waals surface area contributed by atoms with Gasteiger partial charge in [-0.3, -0.25) is 13.9 Å². The van der Waals surface area contributed by atoms with Crippen LogP contribution in [0.2, 0.25) is 0 Å². The first-order valence-electron chi connectivity index (χ1n) is 8.09. The van der Waals surface area contributed by atoms with Gasteiger partial charge < -0.3 is 5.32 Å². The molecule has 8 heteroatoms. The number of sulfonamides is 1. The third kappa shape index (κ3) is 5.66. The summed E-state index contributed by atoms with van der Waals surface area (Å²) in [6, 6.07) is 14.6. The summed E-state index contributed by atoms with van der Waals surface area (Å²) in [5, 5.41) is 11.4. The van der Waals surface area contributed by atoms with Crippen molar-refractivity contribution in [2.45, 2.75) is 13.3 Å². The Kier molecular flexibility index (Phi) is 6.32. The summed E-state index contributed by atoms with van der Waals surface area (Å²) in [4.78, 5) is 23.7. The summed E-state index contributed by atoms with van der Waals surface area (Å²) < 4.78 is 25.4. The molecule has 0 unspecified atom stereocenters. The van der Waals surface area contributed by atoms with Crippen molar-refractivity contribution in [1.82, 2.24) is 0 Å². The molecule has 0 saturated heterocycles. The minimum Gasteiger partial charge on any atom is -0.326 e. The molecule has 2 aromatic carbocycles. The second kappa shape index (κ2) is 8.47. The SMILES string of the molecule is CC(=O)c1cccc(N(CCC(=O)Nc2ccc(C#N)cc2)S(C)(=O)=O)c1. The van der Waals surface area contributed by atoms with Gasteiger partial charge in [0.2, 0.25) is 15.9 Å². The molecule has 0 aliphatic carbocycles. The number of nitrogens with one attached hydrogen (secondary N) is 1. The number of Topliss-reactive ketones (excluding diaryl/α,β-unsaturated/α-hetero) is 1. The number of carbonyl (C=O) groups is 2. The van der Waals surface area contributed by atoms with Crippen molar-refractivity contribution >= 4 is 33.1 Å². The number of anilines is 2. The van der Waals surface area contributed by atoms with Crippen molar-refractivity contribution in [2.24, 2.45) is 0 Å². The second-order valence-electron chi connectivity index (χ2n) is 5.93. The van der Waals surface area contributed by atoms with Crippen LogP contribution in [0.3, 0.4) is 0 Å². The molecule has 140 valence electrons. The van der Waals surface area contributed by atoms with Crippen LogP contribution in [0.25, 0.3) is 0 Å². The van der Waals surface area contributed by atoms with Crippen LogP contribution in [0, 0.1) is 11.3 Å². The molecular formula is C19H19N3O4S. The highest BCUT2D eigenvalue weighted by atomic mass is 32.2. The first-order valence-corrected chi connectivity index (χ1v) is 9.94. The van der Waals surface area contributed by atoms with Crippen molar-refractivity contribution in [1.29, 1.82) is 5.26 Å². The van der Waals surface area contributed by atoms with Gasteiger partial charge in [-0.15, -0.1) is 0 Å². The molecule has 27 heavy (non-hydrogen) atoms. The van der Waals surface area contributed by atoms with Gasteiger partial charge in [-0.25, -0.2) is 8.42 Å². The third-order valence-electron chi connectivity index (χ3n) is 3.78. The minimum absolute atomic E-state index is 0.0672. The fourth-order valence-electron chi connectivity index (χ4n) is 2.42. The van der Waals surface area contributed by atoms with E-state index in [0.29, 0.717) is 22.5 Å². The van der Waals surface area contributed by atoms with E-state index in [9.17, 15) is 18.0 Å². The second-order valence-corrected chi connectivity index (χ2v) is 7.84. The predicted molar refractivity (Wildman–Crippen MR) is 103 cm³/mol. The van der Waals surface area contributed by atoms with Crippen LogP contribution in [-0.2, 0) is 14.8 Å². The van der Waals surface area contributed by atoms with Gasteiger partial charge in [-0.05, 0) is 43.3 Å². The molecule has 0 bridgehead atoms. The topological polar surface area (TPSA) is 107 Å². The number of nitriles is 1. The first-order chi connectivity index (χ1) is 12.7. The van der Waals surface area contributed by atoms with E-state index in [-0.39, 0.29) is 24.7 Å². The predicted octanol–water partition coefficient (Wildman–Crippen LogP) is 2.56. The number of benzene rings is 2. The molecule has 0 saturated carbocycles. The first kappa shape index (κ1) is 20.1. The van der Waals surface area contributed by atoms with Crippen LogP contribution >= 0.6 is 0 Å². The highest BCUT2D eigenvalue weighted by Crippen LogP contribution is 2.20. The molecule has 0 spiro atoms. The number of amides is 1. The van der Waals surface area contributed by atoms with Gasteiger partial charge in [0, 0.05) is 24.2 Å². The molecule has 0 radical (unpaired) electrons. The maximum Gasteiger partial charge on any atom is 0.232 e. The van der Waals surface area contributed by atoms with Gasteiger partial charge in [0.05, 0.1) is 23.6 Å². The Balaban J connectivity index is 2.10. The van der Waals surface area contributed by atoms with E-state index >= 15 is 0 Å². The zero-order valence-corrected chi connectivity index (χ0v) is 15.8. The Morgan fingerprint density at radius 3 is 2.37 bits per heavy atom. The summed E-state index contributed by atoms with van der Waals surface area (Å²) in [7, 11) is -3.63. The minimum atomic E-state index is -3.63. The fraction of sp³-hybridized carbons (Fsp3) is 0.211. The maximum absolute atomic E-state index is 12.2. The number of rotatable bonds is 7. The van der Waals surface area contributed by atoms with Gasteiger partial charge in [-0.2, -0.15) is 5.26 Å². The van der Waals surface area contributed by atoms with Crippen molar-refractivity contribution < 1.29 is 18.0 Å². The average Bonchev–Trinajstić information content (AvgIpc) is 2.61. The highest BCUT2D eigenvalue weighted by molar-refractivity contribution is 7.92. The van der Waals surface area contributed by atoms with Crippen LogP contribution in [0.1, 0.15) is 29.3 Å². The lowest BCUT2D eigenvalue weighted by Gasteiger charge is -2.22. The Bertz CT molecular complexity index is 992. The number of ketones is 1. The molecule has 0 heterocycles. The summed E-state index contributed by atoms with van der Waals surface area (Å²) in [6.45, 7) is 1.33. The number of carbonyl (C=O) groups excluding carboxylic acids is 2. The molecule has 2 aromatic rings. The van der Waals surface area contributed by atoms with Crippen LogP contribution in [0.4, 0.5) is 11.4 Å². The number of hydrogen-bond acceptors (Lipinski definition) is 5. The zero-order chi connectivity index (χ0) is 20.0. The highest BCUT2D eigenvalue weighted by Gasteiger charge is 2.19. The zero-order valence-electron chi connectivity index (χ0n) is 15.0. The summed E-state index contributed by atoms with van der Waals surface area (Å²) in [6.07, 6.45) is 0.976. The molecule has 0 aromatic heterocycles. The van der Waals surface area contributed by atoms with E-state index < -0.39 is 10.0 Å². The van der Waals surface area contributed by atoms with Crippen LogP contribution in [-0.4, -0.2) is 32.9 Å². The van der Waals surface area contributed by atoms with E-state index in [4.69, 9.17) is 5.26 Å². The molecule has 1 N–H and O–H groups in total. The molecular weight excluding hydrogens is 366 g/mol. The van der Waals surface area contributed by atoms with Gasteiger partial charge in [0.25, 0.3) is 0 Å². The quantitative estimate of drug-likeness (QED) is 0.737. The van der Waals surface area contributed by atoms with E-state index in [2.05, 4.69) is 5.32 Å². The number of hydrogen-bond donors (Lipinski definition) is 1. The van der Waals surface area contributed by atoms with E-state index in [0.717, 1.165) is 10.6 Å². The largest absolute Gasteiger partial charge is 0.326 e. The van der Waals surface area contributed by atoms with Crippen molar-refractivity contribution in [3.63, 3.8) is 0 Å². The molecule has 7 nitrogen and oxygen atoms in total. The normalized spacial score (nSPS) is 10.7. The molecule has 0 aliphatic heterocycles. The summed E-state index contributed by atoms with van der Waals surface area (Å²) >= 11 is 0. The van der Waals surface area contributed by atoms with Crippen LogP contribution in [0.15, 0.2) is 48.5 Å². The Hall–Kier alpha value is -3.18. The van der Waals surface area contributed by atoms with Crippen LogP contribution < -0.4 is 9.62 Å². The Morgan fingerprint density at radius 1 is 1.15 bits per heavy atom. The lowest BCUT2D eigenvalue weighted by atomic mass is 10.1. The lowest BCUT2D eigenvalue weighted by Crippen LogP contribution is -2.33. The fourth-order valence-corrected chi connectivity index (χ4v) is 3.34. The molecule has 0 aliphatic rings. The van der Waals surface area contributed by atoms with Gasteiger partial charge >= 0.3 is 0 Å². The smallest absolute Gasteiger partial charge is 0.232 e. The maximum atomic E-state index is 12.2.